The maximum absolute atomic E-state index is 11.9. The Hall–Kier alpha value is -3.42. The maximum atomic E-state index is 11.9. The lowest BCUT2D eigenvalue weighted by atomic mass is 10.1. The van der Waals surface area contributed by atoms with Crippen LogP contribution in [-0.4, -0.2) is 42.3 Å². The van der Waals surface area contributed by atoms with Gasteiger partial charge in [0.2, 0.25) is 0 Å². The third kappa shape index (κ3) is 5.04. The molecule has 0 aliphatic carbocycles. The Bertz CT molecular complexity index is 820. The van der Waals surface area contributed by atoms with Gasteiger partial charge in [0.25, 0.3) is 11.8 Å². The van der Waals surface area contributed by atoms with Crippen molar-refractivity contribution in [2.75, 3.05) is 20.7 Å². The average molecular weight is 357 g/mol. The van der Waals surface area contributed by atoms with E-state index in [0.717, 1.165) is 5.56 Å². The van der Waals surface area contributed by atoms with Gasteiger partial charge in [-0.05, 0) is 23.8 Å². The van der Waals surface area contributed by atoms with E-state index >= 15 is 0 Å². The molecule has 0 saturated heterocycles. The fraction of sp³-hybridized carbons (Fsp3) is 0.222. The number of ether oxygens (including phenoxy) is 1. The first-order valence-corrected chi connectivity index (χ1v) is 7.82. The molecule has 26 heavy (non-hydrogen) atoms. The van der Waals surface area contributed by atoms with E-state index in [4.69, 9.17) is 4.74 Å². The largest absolute Gasteiger partial charge is 0.477 e. The van der Waals surface area contributed by atoms with Gasteiger partial charge in [-0.3, -0.25) is 19.7 Å². The van der Waals surface area contributed by atoms with Gasteiger partial charge < -0.3 is 15.0 Å². The second-order valence-electron chi connectivity index (χ2n) is 5.69. The third-order valence-corrected chi connectivity index (χ3v) is 3.49. The second kappa shape index (κ2) is 8.61. The van der Waals surface area contributed by atoms with Gasteiger partial charge in [0.1, 0.15) is 0 Å². The smallest absolute Gasteiger partial charge is 0.310 e. The van der Waals surface area contributed by atoms with Crippen molar-refractivity contribution in [2.24, 2.45) is 0 Å². The van der Waals surface area contributed by atoms with Crippen molar-refractivity contribution in [3.63, 3.8) is 0 Å². The zero-order valence-electron chi connectivity index (χ0n) is 14.5. The molecule has 0 bridgehead atoms. The van der Waals surface area contributed by atoms with Gasteiger partial charge in [0, 0.05) is 32.3 Å². The minimum atomic E-state index is -0.569. The Morgan fingerprint density at radius 1 is 1.15 bits per heavy atom. The van der Waals surface area contributed by atoms with Gasteiger partial charge in [0.05, 0.1) is 4.92 Å². The Kier molecular flexibility index (Phi) is 6.26. The number of para-hydroxylation sites is 2. The summed E-state index contributed by atoms with van der Waals surface area (Å²) in [5.74, 6) is -0.517. The number of rotatable bonds is 7. The first kappa shape index (κ1) is 18.9. The number of benzene rings is 2. The van der Waals surface area contributed by atoms with Crippen LogP contribution in [0.1, 0.15) is 15.9 Å². The van der Waals surface area contributed by atoms with Crippen LogP contribution in [0.25, 0.3) is 0 Å². The van der Waals surface area contributed by atoms with E-state index in [1.165, 1.54) is 23.1 Å². The van der Waals surface area contributed by atoms with Crippen LogP contribution in [-0.2, 0) is 11.3 Å². The SMILES string of the molecule is CN(C)C(=O)c1cccc(CNC(=O)COc2ccccc2[N+](=O)[O-])c1. The lowest BCUT2D eigenvalue weighted by Crippen LogP contribution is -2.28. The van der Waals surface area contributed by atoms with E-state index in [9.17, 15) is 19.7 Å². The molecule has 0 radical (unpaired) electrons. The first-order valence-electron chi connectivity index (χ1n) is 7.82. The Balaban J connectivity index is 1.91. The first-order chi connectivity index (χ1) is 12.4. The molecule has 0 saturated carbocycles. The molecule has 0 aliphatic heterocycles. The number of hydrogen-bond donors (Lipinski definition) is 1. The normalized spacial score (nSPS) is 10.1. The van der Waals surface area contributed by atoms with Gasteiger partial charge in [-0.1, -0.05) is 24.3 Å². The second-order valence-corrected chi connectivity index (χ2v) is 5.69. The summed E-state index contributed by atoms with van der Waals surface area (Å²) in [5.41, 5.74) is 1.09. The Morgan fingerprint density at radius 2 is 1.88 bits per heavy atom. The van der Waals surface area contributed by atoms with Crippen molar-refractivity contribution in [3.05, 3.63) is 69.8 Å². The number of nitrogens with one attached hydrogen (secondary N) is 1. The van der Waals surface area contributed by atoms with Crippen molar-refractivity contribution in [2.45, 2.75) is 6.54 Å². The summed E-state index contributed by atoms with van der Waals surface area (Å²) in [6.07, 6.45) is 0. The van der Waals surface area contributed by atoms with Gasteiger partial charge in [-0.15, -0.1) is 0 Å². The summed E-state index contributed by atoms with van der Waals surface area (Å²) in [6.45, 7) is -0.130. The highest BCUT2D eigenvalue weighted by atomic mass is 16.6. The van der Waals surface area contributed by atoms with Crippen LogP contribution in [0.15, 0.2) is 48.5 Å². The Labute approximate surface area is 150 Å². The van der Waals surface area contributed by atoms with E-state index in [1.54, 1.807) is 44.4 Å². The van der Waals surface area contributed by atoms with Crippen LogP contribution >= 0.6 is 0 Å². The lowest BCUT2D eigenvalue weighted by molar-refractivity contribution is -0.385. The quantitative estimate of drug-likeness (QED) is 0.603. The van der Waals surface area contributed by atoms with Crippen LogP contribution in [0.2, 0.25) is 0 Å². The fourth-order valence-electron chi connectivity index (χ4n) is 2.20. The predicted octanol–water partition coefficient (Wildman–Crippen LogP) is 1.99. The third-order valence-electron chi connectivity index (χ3n) is 3.49. The number of nitro benzene ring substituents is 1. The van der Waals surface area contributed by atoms with E-state index in [1.807, 2.05) is 0 Å². The van der Waals surface area contributed by atoms with Crippen LogP contribution in [0.4, 0.5) is 5.69 Å². The minimum Gasteiger partial charge on any atom is -0.477 e. The molecule has 2 aromatic rings. The topological polar surface area (TPSA) is 102 Å². The van der Waals surface area contributed by atoms with E-state index in [0.29, 0.717) is 5.56 Å². The Morgan fingerprint density at radius 3 is 2.58 bits per heavy atom. The molecule has 1 N–H and O–H groups in total. The monoisotopic (exact) mass is 357 g/mol. The van der Waals surface area contributed by atoms with E-state index in [2.05, 4.69) is 5.32 Å². The van der Waals surface area contributed by atoms with Crippen molar-refractivity contribution in [1.29, 1.82) is 0 Å². The predicted molar refractivity (Wildman–Crippen MR) is 94.9 cm³/mol. The highest BCUT2D eigenvalue weighted by molar-refractivity contribution is 5.94. The summed E-state index contributed by atoms with van der Waals surface area (Å²) in [7, 11) is 3.33. The molecule has 0 unspecified atom stereocenters. The molecule has 0 spiro atoms. The molecular weight excluding hydrogens is 338 g/mol. The maximum Gasteiger partial charge on any atom is 0.310 e. The lowest BCUT2D eigenvalue weighted by Gasteiger charge is -2.12. The molecule has 2 amide bonds. The number of hydrogen-bond acceptors (Lipinski definition) is 5. The number of nitro groups is 1. The molecule has 0 aliphatic rings. The highest BCUT2D eigenvalue weighted by Crippen LogP contribution is 2.25. The van der Waals surface area contributed by atoms with Gasteiger partial charge in [0.15, 0.2) is 12.4 Å². The minimum absolute atomic E-state index is 0.0335. The zero-order valence-corrected chi connectivity index (χ0v) is 14.5. The molecule has 8 heteroatoms. The molecule has 2 aromatic carbocycles. The van der Waals surface area contributed by atoms with Crippen LogP contribution < -0.4 is 10.1 Å². The summed E-state index contributed by atoms with van der Waals surface area (Å²) in [4.78, 5) is 35.7. The van der Waals surface area contributed by atoms with E-state index < -0.39 is 10.8 Å². The molecule has 0 heterocycles. The van der Waals surface area contributed by atoms with Crippen LogP contribution in [0.5, 0.6) is 5.75 Å². The summed E-state index contributed by atoms with van der Waals surface area (Å²) < 4.78 is 5.23. The summed E-state index contributed by atoms with van der Waals surface area (Å²) in [5, 5.41) is 13.6. The standard InChI is InChI=1S/C18H19N3O5/c1-20(2)18(23)14-7-5-6-13(10-14)11-19-17(22)12-26-16-9-4-3-8-15(16)21(24)25/h3-10H,11-12H2,1-2H3,(H,19,22). The molecule has 0 aromatic heterocycles. The fourth-order valence-corrected chi connectivity index (χ4v) is 2.20. The summed E-state index contributed by atoms with van der Waals surface area (Å²) in [6, 6.07) is 12.8. The molecule has 136 valence electrons. The highest BCUT2D eigenvalue weighted by Gasteiger charge is 2.15. The van der Waals surface area contributed by atoms with Crippen LogP contribution in [0, 0.1) is 10.1 Å². The van der Waals surface area contributed by atoms with Gasteiger partial charge >= 0.3 is 5.69 Å². The zero-order chi connectivity index (χ0) is 19.1. The summed E-state index contributed by atoms with van der Waals surface area (Å²) >= 11 is 0. The molecule has 8 nitrogen and oxygen atoms in total. The molecular formula is C18H19N3O5. The van der Waals surface area contributed by atoms with Gasteiger partial charge in [-0.25, -0.2) is 0 Å². The molecule has 0 atom stereocenters. The van der Waals surface area contributed by atoms with Crippen LogP contribution in [0.3, 0.4) is 0 Å². The van der Waals surface area contributed by atoms with Crippen molar-refractivity contribution < 1.29 is 19.2 Å². The number of carbonyl (C=O) groups excluding carboxylic acids is 2. The number of nitrogens with zero attached hydrogens (tertiary/aromatic N) is 2. The average Bonchev–Trinajstić information content (AvgIpc) is 2.64. The number of amides is 2. The van der Waals surface area contributed by atoms with E-state index in [-0.39, 0.29) is 30.5 Å². The van der Waals surface area contributed by atoms with Crippen molar-refractivity contribution in [3.8, 4) is 5.75 Å². The van der Waals surface area contributed by atoms with Crippen molar-refractivity contribution >= 4 is 17.5 Å². The van der Waals surface area contributed by atoms with Gasteiger partial charge in [-0.2, -0.15) is 0 Å². The van der Waals surface area contributed by atoms with Crippen molar-refractivity contribution in [1.82, 2.24) is 10.2 Å². The molecule has 0 fully saturated rings. The number of carbonyl (C=O) groups is 2. The molecule has 2 rings (SSSR count).